The maximum atomic E-state index is 14.1. The fourth-order valence-electron chi connectivity index (χ4n) is 3.15. The van der Waals surface area contributed by atoms with Crippen LogP contribution in [0, 0.1) is 11.8 Å². The van der Waals surface area contributed by atoms with Crippen molar-refractivity contribution in [2.75, 3.05) is 0 Å². The number of aromatic nitrogens is 1. The minimum Gasteiger partial charge on any atom is -0.471 e. The maximum absolute atomic E-state index is 14.1. The summed E-state index contributed by atoms with van der Waals surface area (Å²) in [6.07, 6.45) is 6.36. The Balaban J connectivity index is 1.60. The van der Waals surface area contributed by atoms with Crippen LogP contribution < -0.4 is 4.74 Å². The summed E-state index contributed by atoms with van der Waals surface area (Å²) in [5.41, 5.74) is 2.70. The number of ether oxygens (including phenoxy) is 1. The summed E-state index contributed by atoms with van der Waals surface area (Å²) >= 11 is 6.05. The number of pyridine rings is 1. The standard InChI is InChI=1S/C20H16ClF2NO2/c21-15-7-6-13(19-14(15)10-18(23)26-19)11-25-20-16(22)8-9-17(24-20)12-4-2-1-3-5-12/h4,6-10H,1-3,5,11H2. The lowest BCUT2D eigenvalue weighted by Gasteiger charge is -2.14. The van der Waals surface area contributed by atoms with E-state index in [2.05, 4.69) is 11.1 Å². The van der Waals surface area contributed by atoms with Gasteiger partial charge in [0.05, 0.1) is 10.7 Å². The molecule has 134 valence electrons. The van der Waals surface area contributed by atoms with Gasteiger partial charge in [-0.05, 0) is 49.5 Å². The average Bonchev–Trinajstić information content (AvgIpc) is 3.06. The smallest absolute Gasteiger partial charge is 0.278 e. The minimum atomic E-state index is -0.732. The molecule has 0 fully saturated rings. The van der Waals surface area contributed by atoms with Crippen molar-refractivity contribution in [2.24, 2.45) is 0 Å². The lowest BCUT2D eigenvalue weighted by Crippen LogP contribution is -2.03. The summed E-state index contributed by atoms with van der Waals surface area (Å²) in [6.45, 7) is -0.00690. The first kappa shape index (κ1) is 17.0. The van der Waals surface area contributed by atoms with E-state index >= 15 is 0 Å². The van der Waals surface area contributed by atoms with Gasteiger partial charge in [0.1, 0.15) is 12.2 Å². The molecule has 0 N–H and O–H groups in total. The number of fused-ring (bicyclic) bond motifs is 1. The van der Waals surface area contributed by atoms with Crippen LogP contribution >= 0.6 is 11.6 Å². The number of hydrogen-bond acceptors (Lipinski definition) is 3. The third kappa shape index (κ3) is 3.31. The zero-order valence-electron chi connectivity index (χ0n) is 13.9. The third-order valence-corrected chi connectivity index (χ3v) is 4.81. The van der Waals surface area contributed by atoms with Gasteiger partial charge in [-0.15, -0.1) is 0 Å². The maximum Gasteiger partial charge on any atom is 0.278 e. The van der Waals surface area contributed by atoms with Crippen molar-refractivity contribution in [1.29, 1.82) is 0 Å². The second-order valence-corrected chi connectivity index (χ2v) is 6.65. The second-order valence-electron chi connectivity index (χ2n) is 6.25. The van der Waals surface area contributed by atoms with Gasteiger partial charge < -0.3 is 9.15 Å². The molecule has 1 aliphatic carbocycles. The molecule has 0 spiro atoms. The monoisotopic (exact) mass is 375 g/mol. The Morgan fingerprint density at radius 3 is 2.85 bits per heavy atom. The number of benzene rings is 1. The highest BCUT2D eigenvalue weighted by atomic mass is 35.5. The SMILES string of the molecule is Fc1cc2c(Cl)ccc(COc3nc(C4=CCCCC4)ccc3F)c2o1. The molecule has 1 aromatic carbocycles. The molecule has 0 bridgehead atoms. The highest BCUT2D eigenvalue weighted by molar-refractivity contribution is 6.35. The number of hydrogen-bond donors (Lipinski definition) is 0. The first-order valence-corrected chi connectivity index (χ1v) is 8.85. The molecule has 2 aromatic heterocycles. The van der Waals surface area contributed by atoms with Gasteiger partial charge in [0, 0.05) is 17.0 Å². The zero-order chi connectivity index (χ0) is 18.1. The second kappa shape index (κ2) is 7.08. The van der Waals surface area contributed by atoms with Gasteiger partial charge in [0.2, 0.25) is 0 Å². The Morgan fingerprint density at radius 2 is 2.04 bits per heavy atom. The Hall–Kier alpha value is -2.40. The predicted octanol–water partition coefficient (Wildman–Crippen LogP) is 6.30. The van der Waals surface area contributed by atoms with E-state index in [1.807, 2.05) is 0 Å². The van der Waals surface area contributed by atoms with Crippen molar-refractivity contribution in [3.05, 3.63) is 64.5 Å². The number of allylic oxidation sites excluding steroid dienone is 2. The third-order valence-electron chi connectivity index (χ3n) is 4.48. The summed E-state index contributed by atoms with van der Waals surface area (Å²) in [5.74, 6) is -0.620. The van der Waals surface area contributed by atoms with Crippen molar-refractivity contribution < 1.29 is 17.9 Å². The minimum absolute atomic E-state index is 0.00690. The van der Waals surface area contributed by atoms with Crippen LogP contribution in [0.3, 0.4) is 0 Å². The number of nitrogens with zero attached hydrogens (tertiary/aromatic N) is 1. The normalized spacial score (nSPS) is 14.5. The Labute approximate surface area is 154 Å². The van der Waals surface area contributed by atoms with Crippen LogP contribution in [0.15, 0.2) is 40.8 Å². The van der Waals surface area contributed by atoms with Crippen molar-refractivity contribution in [3.8, 4) is 5.88 Å². The summed E-state index contributed by atoms with van der Waals surface area (Å²) in [6, 6.07) is 6.81. The van der Waals surface area contributed by atoms with Gasteiger partial charge in [-0.2, -0.15) is 4.39 Å². The molecule has 3 nitrogen and oxygen atoms in total. The lowest BCUT2D eigenvalue weighted by atomic mass is 9.97. The highest BCUT2D eigenvalue weighted by Gasteiger charge is 2.15. The molecular weight excluding hydrogens is 360 g/mol. The average molecular weight is 376 g/mol. The summed E-state index contributed by atoms with van der Waals surface area (Å²) < 4.78 is 38.2. The van der Waals surface area contributed by atoms with Gasteiger partial charge in [0.25, 0.3) is 11.9 Å². The van der Waals surface area contributed by atoms with Crippen molar-refractivity contribution in [1.82, 2.24) is 4.98 Å². The van der Waals surface area contributed by atoms with Gasteiger partial charge in [-0.3, -0.25) is 0 Å². The van der Waals surface area contributed by atoms with E-state index < -0.39 is 11.8 Å². The molecule has 0 saturated heterocycles. The number of furan rings is 1. The Kier molecular flexibility index (Phi) is 4.64. The van der Waals surface area contributed by atoms with Crippen molar-refractivity contribution in [2.45, 2.75) is 32.3 Å². The van der Waals surface area contributed by atoms with Crippen LogP contribution in [-0.2, 0) is 6.61 Å². The molecule has 0 unspecified atom stereocenters. The molecular formula is C20H16ClF2NO2. The molecule has 0 amide bonds. The topological polar surface area (TPSA) is 35.3 Å². The van der Waals surface area contributed by atoms with E-state index in [9.17, 15) is 8.78 Å². The number of rotatable bonds is 4. The van der Waals surface area contributed by atoms with Crippen LogP contribution in [0.2, 0.25) is 5.02 Å². The van der Waals surface area contributed by atoms with Crippen LogP contribution in [0.25, 0.3) is 16.5 Å². The largest absolute Gasteiger partial charge is 0.471 e. The molecule has 0 aliphatic heterocycles. The van der Waals surface area contributed by atoms with Gasteiger partial charge in [-0.25, -0.2) is 9.37 Å². The first-order valence-electron chi connectivity index (χ1n) is 8.47. The van der Waals surface area contributed by atoms with Crippen LogP contribution in [-0.4, -0.2) is 4.98 Å². The molecule has 4 rings (SSSR count). The van der Waals surface area contributed by atoms with E-state index in [4.69, 9.17) is 20.8 Å². The molecule has 1 aliphatic rings. The van der Waals surface area contributed by atoms with Crippen molar-refractivity contribution >= 4 is 28.1 Å². The summed E-state index contributed by atoms with van der Waals surface area (Å²) in [4.78, 5) is 4.32. The molecule has 0 saturated carbocycles. The fraction of sp³-hybridized carbons (Fsp3) is 0.250. The van der Waals surface area contributed by atoms with Gasteiger partial charge in [-0.1, -0.05) is 23.7 Å². The van der Waals surface area contributed by atoms with E-state index in [1.54, 1.807) is 18.2 Å². The molecule has 0 radical (unpaired) electrons. The Morgan fingerprint density at radius 1 is 1.15 bits per heavy atom. The molecule has 0 atom stereocenters. The Bertz CT molecular complexity index is 997. The summed E-state index contributed by atoms with van der Waals surface area (Å²) in [5, 5.41) is 0.840. The van der Waals surface area contributed by atoms with E-state index in [-0.39, 0.29) is 12.5 Å². The zero-order valence-corrected chi connectivity index (χ0v) is 14.7. The quantitative estimate of drug-likeness (QED) is 0.537. The van der Waals surface area contributed by atoms with Crippen LogP contribution in [0.5, 0.6) is 5.88 Å². The fourth-order valence-corrected chi connectivity index (χ4v) is 3.35. The molecule has 3 aromatic rings. The summed E-state index contributed by atoms with van der Waals surface area (Å²) in [7, 11) is 0. The first-order chi connectivity index (χ1) is 12.6. The van der Waals surface area contributed by atoms with Crippen LogP contribution in [0.1, 0.15) is 36.9 Å². The van der Waals surface area contributed by atoms with Crippen molar-refractivity contribution in [3.63, 3.8) is 0 Å². The highest BCUT2D eigenvalue weighted by Crippen LogP contribution is 2.31. The van der Waals surface area contributed by atoms with E-state index in [0.717, 1.165) is 30.5 Å². The number of halogens is 3. The molecule has 2 heterocycles. The molecule has 6 heteroatoms. The van der Waals surface area contributed by atoms with Gasteiger partial charge in [0.15, 0.2) is 5.82 Å². The molecule has 26 heavy (non-hydrogen) atoms. The lowest BCUT2D eigenvalue weighted by molar-refractivity contribution is 0.275. The predicted molar refractivity (Wildman–Crippen MR) is 96.2 cm³/mol. The van der Waals surface area contributed by atoms with Crippen LogP contribution in [0.4, 0.5) is 8.78 Å². The van der Waals surface area contributed by atoms with Gasteiger partial charge >= 0.3 is 0 Å². The van der Waals surface area contributed by atoms with E-state index in [0.29, 0.717) is 21.6 Å². The van der Waals surface area contributed by atoms with E-state index in [1.165, 1.54) is 18.6 Å².